The van der Waals surface area contributed by atoms with Crippen molar-refractivity contribution < 1.29 is 40.7 Å². The van der Waals surface area contributed by atoms with Crippen molar-refractivity contribution in [3.05, 3.63) is 52.4 Å². The highest BCUT2D eigenvalue weighted by molar-refractivity contribution is 5.94. The summed E-state index contributed by atoms with van der Waals surface area (Å²) in [5, 5.41) is 2.43. The number of rotatable bonds is 8. The van der Waals surface area contributed by atoms with Crippen LogP contribution in [-0.2, 0) is 28.7 Å². The van der Waals surface area contributed by atoms with Gasteiger partial charge < -0.3 is 25.3 Å². The first kappa shape index (κ1) is 27.5. The van der Waals surface area contributed by atoms with Crippen LogP contribution in [0.25, 0.3) is 0 Å². The molecule has 36 heavy (non-hydrogen) atoms. The van der Waals surface area contributed by atoms with E-state index in [1.807, 2.05) is 0 Å². The maximum absolute atomic E-state index is 13.9. The van der Waals surface area contributed by atoms with Gasteiger partial charge in [0.25, 0.3) is 5.91 Å². The summed E-state index contributed by atoms with van der Waals surface area (Å²) in [4.78, 5) is 30.4. The van der Waals surface area contributed by atoms with Crippen molar-refractivity contribution in [2.75, 3.05) is 26.8 Å². The molecule has 0 fully saturated rings. The summed E-state index contributed by atoms with van der Waals surface area (Å²) in [7, 11) is 1.39. The number of methoxy groups -OCH3 is 1. The van der Waals surface area contributed by atoms with Crippen molar-refractivity contribution in [2.24, 2.45) is 5.73 Å². The normalized spacial score (nSPS) is 16.6. The molecule has 2 aromatic rings. The first-order valence-corrected chi connectivity index (χ1v) is 11.0. The van der Waals surface area contributed by atoms with E-state index in [4.69, 9.17) is 10.5 Å². The minimum absolute atomic E-state index is 0.0371. The highest BCUT2D eigenvalue weighted by Gasteiger charge is 2.43. The Bertz CT molecular complexity index is 1140. The molecule has 0 spiro atoms. The maximum Gasteiger partial charge on any atom is 0.449 e. The van der Waals surface area contributed by atoms with Crippen molar-refractivity contribution in [3.63, 3.8) is 0 Å². The zero-order chi connectivity index (χ0) is 26.8. The van der Waals surface area contributed by atoms with Gasteiger partial charge in [0.15, 0.2) is 17.3 Å². The van der Waals surface area contributed by atoms with E-state index < -0.39 is 59.0 Å². The lowest BCUT2D eigenvalue weighted by Crippen LogP contribution is -2.44. The van der Waals surface area contributed by atoms with E-state index in [1.165, 1.54) is 18.9 Å². The summed E-state index contributed by atoms with van der Waals surface area (Å²) in [6.07, 6.45) is -5.46. The summed E-state index contributed by atoms with van der Waals surface area (Å²) in [6, 6.07) is -0.918. The molecule has 1 aliphatic rings. The van der Waals surface area contributed by atoms with Crippen LogP contribution in [-0.4, -0.2) is 59.1 Å². The number of fused-ring (bicyclic) bond motifs is 1. The van der Waals surface area contributed by atoms with Crippen molar-refractivity contribution >= 4 is 11.8 Å². The van der Waals surface area contributed by atoms with Crippen LogP contribution in [0.2, 0.25) is 0 Å². The van der Waals surface area contributed by atoms with E-state index in [0.29, 0.717) is 12.1 Å². The number of carbonyl (C=O) groups excluding carboxylic acids is 2. The molecule has 0 bridgehead atoms. The van der Waals surface area contributed by atoms with Crippen LogP contribution in [0.3, 0.4) is 0 Å². The second-order valence-corrected chi connectivity index (χ2v) is 8.36. The molecule has 3 rings (SSSR count). The molecule has 0 aliphatic carbocycles. The smallest absolute Gasteiger partial charge is 0.383 e. The van der Waals surface area contributed by atoms with E-state index in [0.717, 1.165) is 4.57 Å². The van der Waals surface area contributed by atoms with Crippen LogP contribution in [0.15, 0.2) is 12.1 Å². The molecule has 14 heteroatoms. The van der Waals surface area contributed by atoms with Gasteiger partial charge in [0, 0.05) is 45.3 Å². The Morgan fingerprint density at radius 1 is 1.19 bits per heavy atom. The van der Waals surface area contributed by atoms with Gasteiger partial charge >= 0.3 is 6.18 Å². The second-order valence-electron chi connectivity index (χ2n) is 8.36. The van der Waals surface area contributed by atoms with Crippen LogP contribution in [0.4, 0.5) is 26.3 Å². The average molecular weight is 521 g/mol. The molecule has 0 saturated heterocycles. The summed E-state index contributed by atoms with van der Waals surface area (Å²) in [6.45, 7) is 1.23. The molecule has 198 valence electrons. The van der Waals surface area contributed by atoms with E-state index in [9.17, 15) is 35.9 Å². The standard InChI is InChI=1S/C22H25F6N5O3/c1-11-19-18(20(35)30-3-6-36-2)31-21(22(26,27)28)33(19)5-4-32(11)17(34)9-13(29)7-12-8-15(24)16(25)10-14(12)23/h8,10-11,13H,3-7,9,29H2,1-2H3,(H,30,35)/t11?,13-/m1/s1. The van der Waals surface area contributed by atoms with Crippen LogP contribution in [0.1, 0.15) is 47.0 Å². The number of nitrogens with one attached hydrogen (secondary N) is 1. The Balaban J connectivity index is 1.81. The molecule has 0 saturated carbocycles. The molecule has 1 aliphatic heterocycles. The predicted molar refractivity (Wildman–Crippen MR) is 114 cm³/mol. The third-order valence-corrected chi connectivity index (χ3v) is 5.82. The van der Waals surface area contributed by atoms with Gasteiger partial charge in [-0.05, 0) is 25.0 Å². The Kier molecular flexibility index (Phi) is 8.29. The Morgan fingerprint density at radius 2 is 1.86 bits per heavy atom. The molecule has 1 aromatic heterocycles. The molecule has 2 amide bonds. The van der Waals surface area contributed by atoms with Crippen LogP contribution < -0.4 is 11.1 Å². The van der Waals surface area contributed by atoms with Gasteiger partial charge in [-0.1, -0.05) is 0 Å². The van der Waals surface area contributed by atoms with Crippen molar-refractivity contribution in [1.29, 1.82) is 0 Å². The lowest BCUT2D eigenvalue weighted by Gasteiger charge is -2.36. The van der Waals surface area contributed by atoms with Gasteiger partial charge in [-0.15, -0.1) is 0 Å². The molecule has 1 unspecified atom stereocenters. The topological polar surface area (TPSA) is 102 Å². The summed E-state index contributed by atoms with van der Waals surface area (Å²) in [5.74, 6) is -6.31. The van der Waals surface area contributed by atoms with Gasteiger partial charge in [0.1, 0.15) is 5.82 Å². The number of nitrogens with zero attached hydrogens (tertiary/aromatic N) is 3. The number of benzene rings is 1. The second kappa shape index (κ2) is 10.9. The number of amides is 2. The highest BCUT2D eigenvalue weighted by Crippen LogP contribution is 2.36. The summed E-state index contributed by atoms with van der Waals surface area (Å²) in [5.41, 5.74) is 5.18. The number of carbonyl (C=O) groups is 2. The van der Waals surface area contributed by atoms with E-state index in [1.54, 1.807) is 0 Å². The fourth-order valence-corrected chi connectivity index (χ4v) is 4.16. The summed E-state index contributed by atoms with van der Waals surface area (Å²) >= 11 is 0. The molecule has 2 heterocycles. The molecule has 0 radical (unpaired) electrons. The van der Waals surface area contributed by atoms with Crippen molar-refractivity contribution in [3.8, 4) is 0 Å². The quantitative estimate of drug-likeness (QED) is 0.316. The van der Waals surface area contributed by atoms with Gasteiger partial charge in [-0.25, -0.2) is 18.2 Å². The number of alkyl halides is 3. The largest absolute Gasteiger partial charge is 0.449 e. The van der Waals surface area contributed by atoms with Crippen molar-refractivity contribution in [1.82, 2.24) is 19.8 Å². The number of nitrogens with two attached hydrogens (primary N) is 1. The highest BCUT2D eigenvalue weighted by atomic mass is 19.4. The Morgan fingerprint density at radius 3 is 2.50 bits per heavy atom. The first-order valence-electron chi connectivity index (χ1n) is 11.0. The third-order valence-electron chi connectivity index (χ3n) is 5.82. The Labute approximate surface area is 202 Å². The Hall–Kier alpha value is -3.13. The van der Waals surface area contributed by atoms with E-state index in [-0.39, 0.29) is 50.3 Å². The van der Waals surface area contributed by atoms with Crippen molar-refractivity contribution in [2.45, 2.75) is 44.6 Å². The minimum atomic E-state index is -4.83. The van der Waals surface area contributed by atoms with Gasteiger partial charge in [0.05, 0.1) is 18.3 Å². The number of hydrogen-bond donors (Lipinski definition) is 2. The maximum atomic E-state index is 13.9. The zero-order valence-electron chi connectivity index (χ0n) is 19.5. The number of aromatic nitrogens is 2. The summed E-state index contributed by atoms with van der Waals surface area (Å²) < 4.78 is 87.0. The predicted octanol–water partition coefficient (Wildman–Crippen LogP) is 2.56. The molecule has 3 N–H and O–H groups in total. The van der Waals surface area contributed by atoms with Crippen LogP contribution in [0, 0.1) is 17.5 Å². The average Bonchev–Trinajstić information content (AvgIpc) is 3.19. The molecule has 2 atom stereocenters. The minimum Gasteiger partial charge on any atom is -0.383 e. The zero-order valence-corrected chi connectivity index (χ0v) is 19.5. The molecular formula is C22H25F6N5O3. The third kappa shape index (κ3) is 5.81. The van der Waals surface area contributed by atoms with Gasteiger partial charge in [-0.2, -0.15) is 13.2 Å². The fourth-order valence-electron chi connectivity index (χ4n) is 4.16. The SMILES string of the molecule is COCCNC(=O)c1nc(C(F)(F)F)n2c1C(C)N(C(=O)C[C@H](N)Cc1cc(F)c(F)cc1F)CC2. The number of hydrogen-bond acceptors (Lipinski definition) is 5. The number of halogens is 6. The fraction of sp³-hybridized carbons (Fsp3) is 0.500. The van der Waals surface area contributed by atoms with E-state index in [2.05, 4.69) is 10.3 Å². The number of imidazole rings is 1. The van der Waals surface area contributed by atoms with Gasteiger partial charge in [0.2, 0.25) is 11.7 Å². The molecule has 8 nitrogen and oxygen atoms in total. The lowest BCUT2D eigenvalue weighted by atomic mass is 10.0. The lowest BCUT2D eigenvalue weighted by molar-refractivity contribution is -0.148. The van der Waals surface area contributed by atoms with E-state index >= 15 is 0 Å². The van der Waals surface area contributed by atoms with Crippen LogP contribution in [0.5, 0.6) is 0 Å². The van der Waals surface area contributed by atoms with Crippen LogP contribution >= 0.6 is 0 Å². The van der Waals surface area contributed by atoms with Gasteiger partial charge in [-0.3, -0.25) is 9.59 Å². The monoisotopic (exact) mass is 521 g/mol. The molecular weight excluding hydrogens is 496 g/mol. The number of ether oxygens (including phenoxy) is 1. The molecule has 1 aromatic carbocycles. The first-order chi connectivity index (χ1) is 16.8.